The zero-order valence-electron chi connectivity index (χ0n) is 6.95. The molecule has 0 radical (unpaired) electrons. The van der Waals surface area contributed by atoms with Crippen LogP contribution >= 0.6 is 9.24 Å². The highest BCUT2D eigenvalue weighted by atomic mass is 31.0. The molecule has 1 aliphatic heterocycles. The smallest absolute Gasteiger partial charge is 0.108 e. The molecule has 1 fully saturated rings. The van der Waals surface area contributed by atoms with Crippen molar-refractivity contribution in [1.82, 2.24) is 0 Å². The normalized spacial score (nSPS) is 37.9. The van der Waals surface area contributed by atoms with E-state index < -0.39 is 0 Å². The molecule has 4 atom stereocenters. The summed E-state index contributed by atoms with van der Waals surface area (Å²) in [5, 5.41) is 0. The van der Waals surface area contributed by atoms with Crippen molar-refractivity contribution in [3.05, 3.63) is 0 Å². The predicted octanol–water partition coefficient (Wildman–Crippen LogP) is 0.638. The van der Waals surface area contributed by atoms with E-state index in [4.69, 9.17) is 14.2 Å². The first-order valence-electron chi connectivity index (χ1n) is 3.70. The molecule has 0 N–H and O–H groups in total. The fourth-order valence-electron chi connectivity index (χ4n) is 1.31. The van der Waals surface area contributed by atoms with Crippen molar-refractivity contribution >= 4 is 9.24 Å². The molecule has 1 rings (SSSR count). The molecular formula is C7H15O3P. The average molecular weight is 178 g/mol. The Labute approximate surface area is 69.6 Å². The van der Waals surface area contributed by atoms with Crippen molar-refractivity contribution in [2.45, 2.75) is 24.5 Å². The second kappa shape index (κ2) is 4.36. The Morgan fingerprint density at radius 2 is 2.27 bits per heavy atom. The Morgan fingerprint density at radius 1 is 1.55 bits per heavy atom. The number of ether oxygens (including phenoxy) is 3. The average Bonchev–Trinajstić information content (AvgIpc) is 2.32. The maximum atomic E-state index is 5.52. The minimum atomic E-state index is 0.104. The predicted molar refractivity (Wildman–Crippen MR) is 45.7 cm³/mol. The molecule has 1 heterocycles. The van der Waals surface area contributed by atoms with E-state index in [0.717, 1.165) is 6.42 Å². The zero-order valence-corrected chi connectivity index (χ0v) is 8.10. The van der Waals surface area contributed by atoms with Crippen LogP contribution < -0.4 is 0 Å². The van der Waals surface area contributed by atoms with E-state index in [0.29, 0.717) is 6.61 Å². The molecule has 1 aliphatic rings. The zero-order chi connectivity index (χ0) is 8.27. The lowest BCUT2D eigenvalue weighted by Crippen LogP contribution is -2.27. The Hall–Kier alpha value is 0.310. The molecule has 0 amide bonds. The Balaban J connectivity index is 2.37. The number of hydrogen-bond donors (Lipinski definition) is 0. The molecule has 11 heavy (non-hydrogen) atoms. The molecule has 4 heteroatoms. The van der Waals surface area contributed by atoms with Gasteiger partial charge in [0.05, 0.1) is 18.6 Å². The van der Waals surface area contributed by atoms with Gasteiger partial charge in [0.15, 0.2) is 0 Å². The second-order valence-electron chi connectivity index (χ2n) is 2.68. The lowest BCUT2D eigenvalue weighted by atomic mass is 10.2. The monoisotopic (exact) mass is 178 g/mol. The first-order valence-corrected chi connectivity index (χ1v) is 4.37. The van der Waals surface area contributed by atoms with Gasteiger partial charge in [-0.1, -0.05) is 0 Å². The molecule has 0 aromatic rings. The summed E-state index contributed by atoms with van der Waals surface area (Å²) in [7, 11) is 6.02. The molecule has 0 saturated carbocycles. The minimum Gasteiger partial charge on any atom is -0.382 e. The third-order valence-electron chi connectivity index (χ3n) is 1.86. The molecule has 0 aliphatic carbocycles. The van der Waals surface area contributed by atoms with Gasteiger partial charge in [0.1, 0.15) is 6.10 Å². The van der Waals surface area contributed by atoms with Crippen LogP contribution in [0, 0.1) is 0 Å². The van der Waals surface area contributed by atoms with Crippen LogP contribution in [0.25, 0.3) is 0 Å². The Bertz CT molecular complexity index is 120. The van der Waals surface area contributed by atoms with Crippen LogP contribution in [-0.4, -0.2) is 38.9 Å². The van der Waals surface area contributed by atoms with Crippen molar-refractivity contribution in [3.8, 4) is 0 Å². The summed E-state index contributed by atoms with van der Waals surface area (Å²) in [4.78, 5) is 0. The largest absolute Gasteiger partial charge is 0.382 e. The SMILES string of the molecule is COCC1OC(P)CC1OC. The van der Waals surface area contributed by atoms with Gasteiger partial charge in [-0.2, -0.15) is 0 Å². The Kier molecular flexibility index (Phi) is 3.73. The van der Waals surface area contributed by atoms with Crippen LogP contribution in [0.1, 0.15) is 6.42 Å². The van der Waals surface area contributed by atoms with Crippen LogP contribution in [0.3, 0.4) is 0 Å². The quantitative estimate of drug-likeness (QED) is 0.593. The van der Waals surface area contributed by atoms with Gasteiger partial charge in [0, 0.05) is 20.6 Å². The molecule has 0 aromatic carbocycles. The summed E-state index contributed by atoms with van der Waals surface area (Å²) in [5.41, 5.74) is 0. The van der Waals surface area contributed by atoms with Crippen LogP contribution in [0.4, 0.5) is 0 Å². The third-order valence-corrected chi connectivity index (χ3v) is 2.29. The van der Waals surface area contributed by atoms with E-state index in [1.807, 2.05) is 0 Å². The number of methoxy groups -OCH3 is 2. The molecule has 1 saturated heterocycles. The first-order chi connectivity index (χ1) is 5.27. The van der Waals surface area contributed by atoms with Gasteiger partial charge in [0.25, 0.3) is 0 Å². The van der Waals surface area contributed by atoms with E-state index in [1.54, 1.807) is 14.2 Å². The van der Waals surface area contributed by atoms with Crippen molar-refractivity contribution in [2.75, 3.05) is 20.8 Å². The van der Waals surface area contributed by atoms with E-state index in [-0.39, 0.29) is 18.1 Å². The topological polar surface area (TPSA) is 27.7 Å². The lowest BCUT2D eigenvalue weighted by Gasteiger charge is -2.15. The highest BCUT2D eigenvalue weighted by Crippen LogP contribution is 2.26. The van der Waals surface area contributed by atoms with E-state index in [2.05, 4.69) is 9.24 Å². The van der Waals surface area contributed by atoms with Gasteiger partial charge in [0.2, 0.25) is 0 Å². The summed E-state index contributed by atoms with van der Waals surface area (Å²) in [6, 6.07) is 0. The second-order valence-corrected chi connectivity index (χ2v) is 3.42. The summed E-state index contributed by atoms with van der Waals surface area (Å²) >= 11 is 0. The minimum absolute atomic E-state index is 0.104. The van der Waals surface area contributed by atoms with E-state index >= 15 is 0 Å². The first kappa shape index (κ1) is 9.40. The van der Waals surface area contributed by atoms with Gasteiger partial charge in [-0.25, -0.2) is 0 Å². The molecular weight excluding hydrogens is 163 g/mol. The van der Waals surface area contributed by atoms with Gasteiger partial charge in [-0.05, 0) is 0 Å². The van der Waals surface area contributed by atoms with Gasteiger partial charge >= 0.3 is 0 Å². The van der Waals surface area contributed by atoms with Crippen molar-refractivity contribution < 1.29 is 14.2 Å². The van der Waals surface area contributed by atoms with E-state index in [9.17, 15) is 0 Å². The molecule has 0 bridgehead atoms. The molecule has 0 spiro atoms. The van der Waals surface area contributed by atoms with Crippen molar-refractivity contribution in [3.63, 3.8) is 0 Å². The maximum Gasteiger partial charge on any atom is 0.108 e. The third kappa shape index (κ3) is 2.38. The van der Waals surface area contributed by atoms with Crippen LogP contribution in [-0.2, 0) is 14.2 Å². The number of hydrogen-bond acceptors (Lipinski definition) is 3. The summed E-state index contributed by atoms with van der Waals surface area (Å²) in [6.07, 6.45) is 1.24. The highest BCUT2D eigenvalue weighted by Gasteiger charge is 2.32. The van der Waals surface area contributed by atoms with Crippen LogP contribution in [0.2, 0.25) is 0 Å². The van der Waals surface area contributed by atoms with Crippen molar-refractivity contribution in [2.24, 2.45) is 0 Å². The molecule has 4 unspecified atom stereocenters. The molecule has 3 nitrogen and oxygen atoms in total. The van der Waals surface area contributed by atoms with Gasteiger partial charge < -0.3 is 14.2 Å². The Morgan fingerprint density at radius 3 is 2.82 bits per heavy atom. The van der Waals surface area contributed by atoms with Crippen molar-refractivity contribution in [1.29, 1.82) is 0 Å². The number of rotatable bonds is 3. The van der Waals surface area contributed by atoms with Gasteiger partial charge in [-0.3, -0.25) is 0 Å². The van der Waals surface area contributed by atoms with Gasteiger partial charge in [-0.15, -0.1) is 9.24 Å². The summed E-state index contributed by atoms with van der Waals surface area (Å²) < 4.78 is 15.7. The highest BCUT2D eigenvalue weighted by molar-refractivity contribution is 7.17. The fraction of sp³-hybridized carbons (Fsp3) is 1.00. The van der Waals surface area contributed by atoms with Crippen LogP contribution in [0.15, 0.2) is 0 Å². The maximum absolute atomic E-state index is 5.52. The fourth-order valence-corrected chi connectivity index (χ4v) is 1.78. The lowest BCUT2D eigenvalue weighted by molar-refractivity contribution is -0.0305. The standard InChI is InChI=1S/C7H15O3P/c1-8-4-6-5(9-2)3-7(11)10-6/h5-7H,3-4,11H2,1-2H3. The molecule has 66 valence electrons. The summed E-state index contributed by atoms with van der Waals surface area (Å²) in [5.74, 6) is 0.222. The van der Waals surface area contributed by atoms with Crippen LogP contribution in [0.5, 0.6) is 0 Å². The molecule has 0 aromatic heterocycles. The summed E-state index contributed by atoms with van der Waals surface area (Å²) in [6.45, 7) is 0.614. The van der Waals surface area contributed by atoms with E-state index in [1.165, 1.54) is 0 Å².